The average Bonchev–Trinajstić information content (AvgIpc) is 3.91. The number of piperidine rings is 1. The van der Waals surface area contributed by atoms with E-state index < -0.39 is 17.6 Å². The molecule has 3 aromatic rings. The molecule has 2 unspecified atom stereocenters. The Bertz CT molecular complexity index is 1650. The minimum absolute atomic E-state index is 0.0163. The van der Waals surface area contributed by atoms with Crippen LogP contribution >= 0.6 is 11.6 Å². The zero-order valence-corrected chi connectivity index (χ0v) is 24.7. The third-order valence-corrected chi connectivity index (χ3v) is 9.90. The average molecular weight is 602 g/mol. The number of aromatic nitrogens is 1. The highest BCUT2D eigenvalue weighted by atomic mass is 35.5. The molecule has 2 aliphatic carbocycles. The SMILES string of the molecule is C[C@]1(c2ccc(Cl)cc2F)Oc2cccc(C3CCN(Cc4ncc(C5CC5C(=O)O)cc4CC4(C#N)CC4)CC3)c2O1. The van der Waals surface area contributed by atoms with E-state index >= 15 is 0 Å². The van der Waals surface area contributed by atoms with Gasteiger partial charge in [-0.2, -0.15) is 5.26 Å². The number of aliphatic carboxylic acids is 1. The number of hydrogen-bond donors (Lipinski definition) is 1. The Morgan fingerprint density at radius 1 is 1.21 bits per heavy atom. The van der Waals surface area contributed by atoms with Crippen LogP contribution in [0.4, 0.5) is 4.39 Å². The van der Waals surface area contributed by atoms with Crippen molar-refractivity contribution in [3.05, 3.63) is 87.4 Å². The maximum absolute atomic E-state index is 14.8. The lowest BCUT2D eigenvalue weighted by Gasteiger charge is -2.33. The number of hydrogen-bond acceptors (Lipinski definition) is 6. The van der Waals surface area contributed by atoms with E-state index in [1.807, 2.05) is 18.3 Å². The highest BCUT2D eigenvalue weighted by Gasteiger charge is 2.47. The summed E-state index contributed by atoms with van der Waals surface area (Å²) in [4.78, 5) is 18.7. The van der Waals surface area contributed by atoms with Gasteiger partial charge in [-0.3, -0.25) is 14.7 Å². The molecule has 43 heavy (non-hydrogen) atoms. The number of carbonyl (C=O) groups is 1. The first-order valence-electron chi connectivity index (χ1n) is 15.0. The van der Waals surface area contributed by atoms with Gasteiger partial charge in [-0.05, 0) is 98.8 Å². The molecule has 0 bridgehead atoms. The number of para-hydroxylation sites is 1. The van der Waals surface area contributed by atoms with Crippen molar-refractivity contribution in [3.8, 4) is 17.6 Å². The fourth-order valence-corrected chi connectivity index (χ4v) is 6.94. The Hall–Kier alpha value is -3.67. The van der Waals surface area contributed by atoms with Crippen LogP contribution in [-0.2, 0) is 23.5 Å². The highest BCUT2D eigenvalue weighted by molar-refractivity contribution is 6.30. The number of nitriles is 1. The van der Waals surface area contributed by atoms with E-state index in [-0.39, 0.29) is 23.2 Å². The second-order valence-corrected chi connectivity index (χ2v) is 13.2. The third-order valence-electron chi connectivity index (χ3n) is 9.67. The summed E-state index contributed by atoms with van der Waals surface area (Å²) in [6.45, 7) is 4.16. The van der Waals surface area contributed by atoms with Crippen molar-refractivity contribution in [1.82, 2.24) is 9.88 Å². The number of halogens is 2. The van der Waals surface area contributed by atoms with Crippen molar-refractivity contribution in [3.63, 3.8) is 0 Å². The number of pyridine rings is 1. The van der Waals surface area contributed by atoms with Gasteiger partial charge in [0, 0.05) is 30.3 Å². The quantitative estimate of drug-likeness (QED) is 0.299. The van der Waals surface area contributed by atoms with Gasteiger partial charge in [-0.1, -0.05) is 29.8 Å². The summed E-state index contributed by atoms with van der Waals surface area (Å²) in [5.74, 6) is -1.28. The Balaban J connectivity index is 1.05. The van der Waals surface area contributed by atoms with E-state index in [4.69, 9.17) is 26.1 Å². The molecule has 9 heteroatoms. The minimum Gasteiger partial charge on any atom is -0.481 e. The van der Waals surface area contributed by atoms with Gasteiger partial charge in [0.15, 0.2) is 11.5 Å². The lowest BCUT2D eigenvalue weighted by Crippen LogP contribution is -2.34. The smallest absolute Gasteiger partial charge is 0.307 e. The molecule has 2 saturated carbocycles. The first kappa shape index (κ1) is 28.1. The number of nitrogens with zero attached hydrogens (tertiary/aromatic N) is 3. The number of carboxylic acid groups (broad SMARTS) is 1. The summed E-state index contributed by atoms with van der Waals surface area (Å²) in [6, 6.07) is 15.0. The van der Waals surface area contributed by atoms with Crippen molar-refractivity contribution in [2.45, 2.75) is 69.6 Å². The zero-order chi connectivity index (χ0) is 29.9. The topological polar surface area (TPSA) is 95.7 Å². The van der Waals surface area contributed by atoms with Crippen LogP contribution in [0.3, 0.4) is 0 Å². The Kier molecular flexibility index (Phi) is 6.87. The molecular weight excluding hydrogens is 569 g/mol. The van der Waals surface area contributed by atoms with Gasteiger partial charge in [0.1, 0.15) is 5.82 Å². The van der Waals surface area contributed by atoms with E-state index in [0.29, 0.717) is 41.5 Å². The first-order valence-corrected chi connectivity index (χ1v) is 15.4. The molecule has 2 aliphatic heterocycles. The zero-order valence-electron chi connectivity index (χ0n) is 24.0. The largest absolute Gasteiger partial charge is 0.481 e. The maximum Gasteiger partial charge on any atom is 0.307 e. The number of carboxylic acids is 1. The third kappa shape index (κ3) is 5.34. The van der Waals surface area contributed by atoms with Crippen molar-refractivity contribution in [2.75, 3.05) is 13.1 Å². The monoisotopic (exact) mass is 601 g/mol. The van der Waals surface area contributed by atoms with Gasteiger partial charge in [0.05, 0.1) is 28.7 Å². The van der Waals surface area contributed by atoms with E-state index in [9.17, 15) is 19.6 Å². The van der Waals surface area contributed by atoms with Crippen molar-refractivity contribution >= 4 is 17.6 Å². The van der Waals surface area contributed by atoms with Crippen molar-refractivity contribution in [1.29, 1.82) is 5.26 Å². The van der Waals surface area contributed by atoms with E-state index in [0.717, 1.165) is 61.2 Å². The molecule has 1 saturated heterocycles. The van der Waals surface area contributed by atoms with Crippen LogP contribution in [0, 0.1) is 28.5 Å². The van der Waals surface area contributed by atoms with E-state index in [1.165, 1.54) is 6.07 Å². The number of ether oxygens (including phenoxy) is 2. The summed E-state index contributed by atoms with van der Waals surface area (Å²) in [5, 5.41) is 19.5. The molecule has 1 N–H and O–H groups in total. The van der Waals surface area contributed by atoms with Crippen molar-refractivity contribution in [2.24, 2.45) is 11.3 Å². The van der Waals surface area contributed by atoms with Crippen LogP contribution in [-0.4, -0.2) is 34.0 Å². The predicted molar refractivity (Wildman–Crippen MR) is 157 cm³/mol. The second-order valence-electron chi connectivity index (χ2n) is 12.7. The standard InChI is InChI=1S/C34H33ClFN3O4/c1-33(27-6-5-23(35)14-28(27)36)42-30-4-2-3-24(31(30)43-33)20-7-11-39(12-8-20)18-29-21(16-34(19-37)9-10-34)13-22(17-38-29)25-15-26(25)32(40)41/h2-6,13-14,17,20,25-26H,7-12,15-16,18H2,1H3,(H,40,41)/t25?,26?,33-/m0/s1. The molecule has 222 valence electrons. The summed E-state index contributed by atoms with van der Waals surface area (Å²) < 4.78 is 27.3. The molecule has 0 amide bonds. The Labute approximate surface area is 255 Å². The molecular formula is C34H33ClFN3O4. The van der Waals surface area contributed by atoms with Crippen LogP contribution < -0.4 is 9.47 Å². The fourth-order valence-electron chi connectivity index (χ4n) is 6.79. The van der Waals surface area contributed by atoms with Crippen LogP contribution in [0.5, 0.6) is 11.5 Å². The Morgan fingerprint density at radius 3 is 2.67 bits per heavy atom. The lowest BCUT2D eigenvalue weighted by molar-refractivity contribution is -0.138. The number of rotatable bonds is 8. The van der Waals surface area contributed by atoms with Gasteiger partial charge in [-0.25, -0.2) is 4.39 Å². The summed E-state index contributed by atoms with van der Waals surface area (Å²) in [6.07, 6.45) is 6.80. The summed E-state index contributed by atoms with van der Waals surface area (Å²) in [7, 11) is 0. The lowest BCUT2D eigenvalue weighted by atomic mass is 9.88. The van der Waals surface area contributed by atoms with E-state index in [2.05, 4.69) is 23.1 Å². The van der Waals surface area contributed by atoms with E-state index in [1.54, 1.807) is 19.1 Å². The minimum atomic E-state index is -1.28. The molecule has 3 fully saturated rings. The summed E-state index contributed by atoms with van der Waals surface area (Å²) in [5.41, 5.74) is 4.10. The normalized spacial score (nSPS) is 25.7. The molecule has 1 aromatic heterocycles. The molecule has 2 aromatic carbocycles. The van der Waals surface area contributed by atoms with Crippen LogP contribution in [0.15, 0.2) is 48.7 Å². The molecule has 0 spiro atoms. The fraction of sp³-hybridized carbons (Fsp3) is 0.441. The predicted octanol–water partition coefficient (Wildman–Crippen LogP) is 6.93. The van der Waals surface area contributed by atoms with Gasteiger partial charge >= 0.3 is 5.97 Å². The number of fused-ring (bicyclic) bond motifs is 1. The van der Waals surface area contributed by atoms with Crippen LogP contribution in [0.1, 0.15) is 78.8 Å². The van der Waals surface area contributed by atoms with Crippen molar-refractivity contribution < 1.29 is 23.8 Å². The molecule has 4 aliphatic rings. The van der Waals surface area contributed by atoms with Gasteiger partial charge in [0.2, 0.25) is 0 Å². The van der Waals surface area contributed by atoms with Crippen LogP contribution in [0.25, 0.3) is 0 Å². The molecule has 3 heterocycles. The van der Waals surface area contributed by atoms with Gasteiger partial charge in [-0.15, -0.1) is 0 Å². The first-order chi connectivity index (χ1) is 20.7. The second kappa shape index (κ2) is 10.5. The molecule has 0 radical (unpaired) electrons. The molecule has 3 atom stereocenters. The Morgan fingerprint density at radius 2 is 2.00 bits per heavy atom. The van der Waals surface area contributed by atoms with Gasteiger partial charge < -0.3 is 14.6 Å². The highest BCUT2D eigenvalue weighted by Crippen LogP contribution is 2.52. The number of benzene rings is 2. The number of likely N-dealkylation sites (tertiary alicyclic amines) is 1. The van der Waals surface area contributed by atoms with Crippen LogP contribution in [0.2, 0.25) is 5.02 Å². The van der Waals surface area contributed by atoms with Gasteiger partial charge in [0.25, 0.3) is 5.79 Å². The maximum atomic E-state index is 14.8. The summed E-state index contributed by atoms with van der Waals surface area (Å²) >= 11 is 5.97. The molecule has 7 rings (SSSR count). The molecule has 7 nitrogen and oxygen atoms in total.